The fraction of sp³-hybridized carbons (Fsp3) is 0.923. The van der Waals surface area contributed by atoms with E-state index in [9.17, 15) is 10.0 Å². The van der Waals surface area contributed by atoms with Gasteiger partial charge in [0.15, 0.2) is 0 Å². The van der Waals surface area contributed by atoms with Gasteiger partial charge in [-0.3, -0.25) is 4.79 Å². The van der Waals surface area contributed by atoms with Crippen molar-refractivity contribution in [2.24, 2.45) is 11.2 Å². The summed E-state index contributed by atoms with van der Waals surface area (Å²) in [6.45, 7) is 8.19. The van der Waals surface area contributed by atoms with Crippen LogP contribution in [-0.2, 0) is 9.63 Å². The molecule has 1 rings (SSSR count). The highest BCUT2D eigenvalue weighted by molar-refractivity contribution is 5.69. The Balaban J connectivity index is 2.50. The van der Waals surface area contributed by atoms with E-state index < -0.39 is 5.97 Å². The molecule has 0 aliphatic heterocycles. The summed E-state index contributed by atoms with van der Waals surface area (Å²) in [5.74, 6) is -1.05. The molecule has 0 saturated heterocycles. The van der Waals surface area contributed by atoms with Gasteiger partial charge in [-0.25, -0.2) is 0 Å². The number of hydrazine groups is 1. The Labute approximate surface area is 119 Å². The zero-order chi connectivity index (χ0) is 15.3. The lowest BCUT2D eigenvalue weighted by atomic mass is 9.88. The van der Waals surface area contributed by atoms with Crippen LogP contribution in [0, 0.1) is 11.1 Å². The topological polar surface area (TPSA) is 88.2 Å². The van der Waals surface area contributed by atoms with Crippen LogP contribution in [0.5, 0.6) is 0 Å². The van der Waals surface area contributed by atoms with Gasteiger partial charge in [-0.2, -0.15) is 0 Å². The maximum absolute atomic E-state index is 11.9. The number of hydrogen-bond acceptors (Lipinski definition) is 4. The first-order chi connectivity index (χ1) is 9.25. The van der Waals surface area contributed by atoms with Crippen molar-refractivity contribution in [3.8, 4) is 0 Å². The van der Waals surface area contributed by atoms with Crippen LogP contribution < -0.4 is 0 Å². The number of carboxylic acid groups (broad SMARTS) is 1. The molecule has 0 radical (unpaired) electrons. The van der Waals surface area contributed by atoms with Crippen molar-refractivity contribution in [1.82, 2.24) is 5.01 Å². The van der Waals surface area contributed by atoms with Crippen LogP contribution in [0.2, 0.25) is 0 Å². The zero-order valence-corrected chi connectivity index (χ0v) is 12.7. The number of rotatable bonds is 5. The molecule has 1 N–H and O–H groups in total. The smallest absolute Gasteiger partial charge is 0.306 e. The largest absolute Gasteiger partial charge is 0.569 e. The SMILES string of the molecule is CCN(/[N+]([O-])=N/OC1CCC(C(=O)O)CC1)C(C)(C)C. The Morgan fingerprint density at radius 3 is 2.35 bits per heavy atom. The van der Waals surface area contributed by atoms with Crippen molar-refractivity contribution >= 4 is 5.97 Å². The molecule has 1 aliphatic carbocycles. The Morgan fingerprint density at radius 2 is 1.95 bits per heavy atom. The second kappa shape index (κ2) is 6.76. The first-order valence-corrected chi connectivity index (χ1v) is 7.10. The average molecular weight is 287 g/mol. The van der Waals surface area contributed by atoms with E-state index in [4.69, 9.17) is 9.94 Å². The Morgan fingerprint density at radius 1 is 1.40 bits per heavy atom. The van der Waals surface area contributed by atoms with Crippen LogP contribution in [0.4, 0.5) is 0 Å². The van der Waals surface area contributed by atoms with Gasteiger partial charge < -0.3 is 15.2 Å². The van der Waals surface area contributed by atoms with Crippen molar-refractivity contribution in [2.45, 2.75) is 65.0 Å². The molecule has 0 atom stereocenters. The van der Waals surface area contributed by atoms with Gasteiger partial charge in [0.2, 0.25) is 5.28 Å². The minimum atomic E-state index is -0.754. The minimum Gasteiger partial charge on any atom is -0.569 e. The normalized spacial score (nSPS) is 24.3. The van der Waals surface area contributed by atoms with E-state index in [0.29, 0.717) is 37.2 Å². The second-order valence-corrected chi connectivity index (χ2v) is 6.14. The molecule has 20 heavy (non-hydrogen) atoms. The van der Waals surface area contributed by atoms with E-state index in [2.05, 4.69) is 5.28 Å². The number of carboxylic acids is 1. The van der Waals surface area contributed by atoms with Gasteiger partial charge >= 0.3 is 5.97 Å². The van der Waals surface area contributed by atoms with E-state index in [-0.39, 0.29) is 17.6 Å². The molecule has 1 fully saturated rings. The van der Waals surface area contributed by atoms with Gasteiger partial charge in [0.1, 0.15) is 6.10 Å². The third-order valence-electron chi connectivity index (χ3n) is 3.57. The molecule has 7 nitrogen and oxygen atoms in total. The summed E-state index contributed by atoms with van der Waals surface area (Å²) in [5, 5.41) is 26.0. The standard InChI is InChI=1S/C13H25N3O4/c1-5-15(13(2,3)4)16(19)14-20-11-8-6-10(7-9-11)12(17)18/h10-11H,5-9H2,1-4H3,(H,17,18)/b16-14-. The third-order valence-corrected chi connectivity index (χ3v) is 3.57. The molecule has 116 valence electrons. The van der Waals surface area contributed by atoms with Gasteiger partial charge in [-0.1, -0.05) is 0 Å². The van der Waals surface area contributed by atoms with Crippen LogP contribution in [0.15, 0.2) is 5.28 Å². The van der Waals surface area contributed by atoms with Crippen LogP contribution in [0.3, 0.4) is 0 Å². The van der Waals surface area contributed by atoms with Crippen LogP contribution >= 0.6 is 0 Å². The third kappa shape index (κ3) is 4.54. The van der Waals surface area contributed by atoms with Crippen molar-refractivity contribution in [3.05, 3.63) is 5.21 Å². The second-order valence-electron chi connectivity index (χ2n) is 6.14. The number of hydrogen-bond donors (Lipinski definition) is 1. The quantitative estimate of drug-likeness (QED) is 0.477. The van der Waals surface area contributed by atoms with Gasteiger partial charge in [0.25, 0.3) is 0 Å². The molecular weight excluding hydrogens is 262 g/mol. The Hall–Kier alpha value is -1.53. The first kappa shape index (κ1) is 16.5. The summed E-state index contributed by atoms with van der Waals surface area (Å²) >= 11 is 0. The molecule has 0 bridgehead atoms. The molecule has 0 aromatic heterocycles. The monoisotopic (exact) mass is 287 g/mol. The van der Waals surface area contributed by atoms with Crippen LogP contribution in [0.1, 0.15) is 53.4 Å². The van der Waals surface area contributed by atoms with E-state index in [0.717, 1.165) is 0 Å². The van der Waals surface area contributed by atoms with Gasteiger partial charge in [-0.15, -0.1) is 5.01 Å². The molecule has 0 heterocycles. The molecule has 0 amide bonds. The maximum atomic E-state index is 11.9. The predicted octanol–water partition coefficient (Wildman–Crippen LogP) is 2.56. The van der Waals surface area contributed by atoms with Crippen LogP contribution in [0.25, 0.3) is 0 Å². The van der Waals surface area contributed by atoms with E-state index in [1.807, 2.05) is 27.7 Å². The van der Waals surface area contributed by atoms with Crippen molar-refractivity contribution in [3.63, 3.8) is 0 Å². The zero-order valence-electron chi connectivity index (χ0n) is 12.7. The summed E-state index contributed by atoms with van der Waals surface area (Å²) in [7, 11) is 0. The number of aliphatic carboxylic acids is 1. The maximum Gasteiger partial charge on any atom is 0.306 e. The molecule has 0 aromatic carbocycles. The fourth-order valence-electron chi connectivity index (χ4n) is 2.42. The number of nitrogens with zero attached hydrogens (tertiary/aromatic N) is 3. The van der Waals surface area contributed by atoms with Crippen molar-refractivity contribution in [1.29, 1.82) is 0 Å². The van der Waals surface area contributed by atoms with Crippen LogP contribution in [-0.4, -0.2) is 39.2 Å². The lowest BCUT2D eigenvalue weighted by Crippen LogP contribution is -2.45. The highest BCUT2D eigenvalue weighted by Crippen LogP contribution is 2.26. The van der Waals surface area contributed by atoms with E-state index in [1.165, 1.54) is 0 Å². The van der Waals surface area contributed by atoms with Gasteiger partial charge in [-0.05, 0) is 53.4 Å². The Kier molecular flexibility index (Phi) is 5.59. The van der Waals surface area contributed by atoms with Gasteiger partial charge in [0, 0.05) is 0 Å². The van der Waals surface area contributed by atoms with Crippen molar-refractivity contribution < 1.29 is 19.7 Å². The first-order valence-electron chi connectivity index (χ1n) is 7.10. The Bertz CT molecular complexity index is 357. The van der Waals surface area contributed by atoms with Crippen molar-refractivity contribution in [2.75, 3.05) is 6.54 Å². The molecule has 0 aromatic rings. The fourth-order valence-corrected chi connectivity index (χ4v) is 2.42. The van der Waals surface area contributed by atoms with E-state index in [1.54, 1.807) is 5.01 Å². The highest BCUT2D eigenvalue weighted by Gasteiger charge is 2.29. The predicted molar refractivity (Wildman–Crippen MR) is 72.7 cm³/mol. The molecule has 1 saturated carbocycles. The molecule has 0 unspecified atom stereocenters. The molecule has 1 aliphatic rings. The number of carbonyl (C=O) groups is 1. The lowest BCUT2D eigenvalue weighted by molar-refractivity contribution is -0.725. The summed E-state index contributed by atoms with van der Waals surface area (Å²) in [4.78, 5) is 16.6. The molecule has 0 spiro atoms. The summed E-state index contributed by atoms with van der Waals surface area (Å²) < 4.78 is 0. The van der Waals surface area contributed by atoms with E-state index >= 15 is 0 Å². The summed E-state index contributed by atoms with van der Waals surface area (Å²) in [6.07, 6.45) is 2.23. The summed E-state index contributed by atoms with van der Waals surface area (Å²) in [5.41, 5.74) is -0.329. The highest BCUT2D eigenvalue weighted by atomic mass is 16.7. The molecular formula is C13H25N3O4. The summed E-state index contributed by atoms with van der Waals surface area (Å²) in [6, 6.07) is 0. The molecule has 7 heteroatoms. The average Bonchev–Trinajstić information content (AvgIpc) is 2.36. The lowest BCUT2D eigenvalue weighted by Gasteiger charge is -2.29. The van der Waals surface area contributed by atoms with Gasteiger partial charge in [0.05, 0.1) is 23.0 Å². The minimum absolute atomic E-state index is 0.166.